The van der Waals surface area contributed by atoms with Crippen LogP contribution < -0.4 is 11.1 Å². The van der Waals surface area contributed by atoms with E-state index < -0.39 is 5.91 Å². The number of carbonyl (C=O) groups excluding carboxylic acids is 1. The number of ether oxygens (including phenoxy) is 1. The zero-order valence-electron chi connectivity index (χ0n) is 10.8. The summed E-state index contributed by atoms with van der Waals surface area (Å²) in [5, 5.41) is 3.48. The fraction of sp³-hybridized carbons (Fsp3) is 0.917. The summed E-state index contributed by atoms with van der Waals surface area (Å²) in [6, 6.07) is 0.587. The zero-order chi connectivity index (χ0) is 12.5. The number of hydrogen-bond acceptors (Lipinski definition) is 4. The molecule has 0 bridgehead atoms. The van der Waals surface area contributed by atoms with Gasteiger partial charge in [0.1, 0.15) is 6.61 Å². The molecule has 0 saturated carbocycles. The number of carbonyl (C=O) groups is 1. The van der Waals surface area contributed by atoms with Crippen molar-refractivity contribution in [3.63, 3.8) is 0 Å². The van der Waals surface area contributed by atoms with Crippen molar-refractivity contribution in [1.82, 2.24) is 10.2 Å². The molecule has 1 saturated heterocycles. The van der Waals surface area contributed by atoms with Gasteiger partial charge in [0.25, 0.3) is 0 Å². The molecule has 0 radical (unpaired) electrons. The second kappa shape index (κ2) is 8.44. The molecule has 0 aliphatic carbocycles. The molecule has 1 unspecified atom stereocenters. The largest absolute Gasteiger partial charge is 0.370 e. The minimum absolute atomic E-state index is 0.0238. The molecule has 0 aromatic rings. The smallest absolute Gasteiger partial charge is 0.243 e. The van der Waals surface area contributed by atoms with Gasteiger partial charge in [0.2, 0.25) is 5.91 Å². The van der Waals surface area contributed by atoms with E-state index in [2.05, 4.69) is 17.1 Å². The fourth-order valence-corrected chi connectivity index (χ4v) is 2.18. The van der Waals surface area contributed by atoms with Gasteiger partial charge in [-0.1, -0.05) is 6.92 Å². The van der Waals surface area contributed by atoms with E-state index in [9.17, 15) is 4.79 Å². The van der Waals surface area contributed by atoms with Gasteiger partial charge in [0.05, 0.1) is 6.61 Å². The molecule has 3 N–H and O–H groups in total. The molecule has 0 spiro atoms. The topological polar surface area (TPSA) is 67.6 Å². The second-order valence-corrected chi connectivity index (χ2v) is 4.54. The van der Waals surface area contributed by atoms with Crippen LogP contribution in [0.5, 0.6) is 0 Å². The molecule has 17 heavy (non-hydrogen) atoms. The van der Waals surface area contributed by atoms with Crippen molar-refractivity contribution in [3.8, 4) is 0 Å². The van der Waals surface area contributed by atoms with E-state index in [1.807, 2.05) is 0 Å². The summed E-state index contributed by atoms with van der Waals surface area (Å²) >= 11 is 0. The lowest BCUT2D eigenvalue weighted by Gasteiger charge is -2.18. The van der Waals surface area contributed by atoms with Crippen molar-refractivity contribution in [2.75, 3.05) is 39.4 Å². The lowest BCUT2D eigenvalue weighted by atomic mass is 10.1. The summed E-state index contributed by atoms with van der Waals surface area (Å²) < 4.78 is 5.11. The molecule has 1 fully saturated rings. The van der Waals surface area contributed by atoms with Crippen LogP contribution in [0, 0.1) is 0 Å². The summed E-state index contributed by atoms with van der Waals surface area (Å²) in [5.74, 6) is -0.405. The molecule has 100 valence electrons. The van der Waals surface area contributed by atoms with Crippen LogP contribution in [0.4, 0.5) is 0 Å². The number of likely N-dealkylation sites (tertiary alicyclic amines) is 1. The van der Waals surface area contributed by atoms with Gasteiger partial charge in [-0.3, -0.25) is 4.79 Å². The Morgan fingerprint density at radius 2 is 2.29 bits per heavy atom. The molecule has 1 aliphatic rings. The highest BCUT2D eigenvalue weighted by molar-refractivity contribution is 5.74. The Morgan fingerprint density at radius 1 is 1.47 bits per heavy atom. The Labute approximate surface area is 104 Å². The molecule has 0 aromatic carbocycles. The number of primary amides is 1. The van der Waals surface area contributed by atoms with Gasteiger partial charge in [-0.15, -0.1) is 0 Å². The predicted octanol–water partition coefficient (Wildman–Crippen LogP) is -0.0477. The van der Waals surface area contributed by atoms with Gasteiger partial charge in [-0.05, 0) is 38.9 Å². The third kappa shape index (κ3) is 6.61. The predicted molar refractivity (Wildman–Crippen MR) is 67.8 cm³/mol. The molecule has 1 aliphatic heterocycles. The Hall–Kier alpha value is -0.650. The van der Waals surface area contributed by atoms with E-state index in [0.717, 1.165) is 13.1 Å². The van der Waals surface area contributed by atoms with E-state index in [1.54, 1.807) is 0 Å². The molecule has 1 heterocycles. The van der Waals surface area contributed by atoms with Crippen LogP contribution in [-0.4, -0.2) is 56.2 Å². The average Bonchev–Trinajstić information content (AvgIpc) is 2.53. The standard InChI is InChI=1S/C12H25N3O2/c1-2-15-7-3-4-11(5-8-15)14-6-9-17-10-12(13)16/h11,14H,2-10H2,1H3,(H2,13,16). The number of nitrogens with zero attached hydrogens (tertiary/aromatic N) is 1. The SMILES string of the molecule is CCN1CCCC(NCCOCC(N)=O)CC1. The highest BCUT2D eigenvalue weighted by Crippen LogP contribution is 2.10. The maximum absolute atomic E-state index is 10.5. The first-order valence-electron chi connectivity index (χ1n) is 6.54. The normalized spacial score (nSPS) is 22.3. The highest BCUT2D eigenvalue weighted by Gasteiger charge is 2.14. The van der Waals surface area contributed by atoms with E-state index in [4.69, 9.17) is 10.5 Å². The third-order valence-corrected chi connectivity index (χ3v) is 3.19. The lowest BCUT2D eigenvalue weighted by Crippen LogP contribution is -2.33. The van der Waals surface area contributed by atoms with Crippen LogP contribution >= 0.6 is 0 Å². The molecule has 5 heteroatoms. The van der Waals surface area contributed by atoms with Crippen molar-refractivity contribution >= 4 is 5.91 Å². The second-order valence-electron chi connectivity index (χ2n) is 4.54. The zero-order valence-corrected chi connectivity index (χ0v) is 10.8. The molecule has 1 amide bonds. The average molecular weight is 243 g/mol. The Balaban J connectivity index is 2.05. The van der Waals surface area contributed by atoms with Gasteiger partial charge in [-0.25, -0.2) is 0 Å². The maximum Gasteiger partial charge on any atom is 0.243 e. The van der Waals surface area contributed by atoms with Crippen LogP contribution in [0.15, 0.2) is 0 Å². The highest BCUT2D eigenvalue weighted by atomic mass is 16.5. The summed E-state index contributed by atoms with van der Waals surface area (Å²) in [6.45, 7) is 7.12. The minimum atomic E-state index is -0.405. The summed E-state index contributed by atoms with van der Waals surface area (Å²) in [5.41, 5.74) is 4.98. The van der Waals surface area contributed by atoms with Crippen molar-refractivity contribution in [3.05, 3.63) is 0 Å². The first kappa shape index (κ1) is 14.4. The van der Waals surface area contributed by atoms with Crippen LogP contribution in [0.2, 0.25) is 0 Å². The minimum Gasteiger partial charge on any atom is -0.370 e. The van der Waals surface area contributed by atoms with Crippen molar-refractivity contribution in [1.29, 1.82) is 0 Å². The number of nitrogens with one attached hydrogen (secondary N) is 1. The molecule has 1 rings (SSSR count). The van der Waals surface area contributed by atoms with Gasteiger partial charge >= 0.3 is 0 Å². The van der Waals surface area contributed by atoms with E-state index in [0.29, 0.717) is 12.6 Å². The summed E-state index contributed by atoms with van der Waals surface area (Å²) in [4.78, 5) is 12.9. The molecule has 5 nitrogen and oxygen atoms in total. The molecule has 1 atom stereocenters. The van der Waals surface area contributed by atoms with Gasteiger partial charge in [-0.2, -0.15) is 0 Å². The molecule has 0 aromatic heterocycles. The number of amides is 1. The van der Waals surface area contributed by atoms with Gasteiger partial charge in [0, 0.05) is 12.6 Å². The first-order valence-corrected chi connectivity index (χ1v) is 6.54. The molecular weight excluding hydrogens is 218 g/mol. The van der Waals surface area contributed by atoms with Gasteiger partial charge in [0.15, 0.2) is 0 Å². The van der Waals surface area contributed by atoms with E-state index in [-0.39, 0.29) is 6.61 Å². The quantitative estimate of drug-likeness (QED) is 0.615. The molecular formula is C12H25N3O2. The van der Waals surface area contributed by atoms with E-state index >= 15 is 0 Å². The van der Waals surface area contributed by atoms with Crippen molar-refractivity contribution in [2.45, 2.75) is 32.2 Å². The third-order valence-electron chi connectivity index (χ3n) is 3.19. The van der Waals surface area contributed by atoms with E-state index in [1.165, 1.54) is 32.4 Å². The summed E-state index contributed by atoms with van der Waals surface area (Å²) in [6.07, 6.45) is 3.68. The number of nitrogens with two attached hydrogens (primary N) is 1. The number of rotatable bonds is 7. The van der Waals surface area contributed by atoms with Crippen LogP contribution in [0.25, 0.3) is 0 Å². The maximum atomic E-state index is 10.5. The first-order chi connectivity index (χ1) is 8.22. The Bertz CT molecular complexity index is 224. The Morgan fingerprint density at radius 3 is 3.00 bits per heavy atom. The van der Waals surface area contributed by atoms with Crippen LogP contribution in [0.3, 0.4) is 0 Å². The fourth-order valence-electron chi connectivity index (χ4n) is 2.18. The number of hydrogen-bond donors (Lipinski definition) is 2. The Kier molecular flexibility index (Phi) is 7.16. The van der Waals surface area contributed by atoms with Gasteiger partial charge < -0.3 is 20.7 Å². The van der Waals surface area contributed by atoms with Crippen molar-refractivity contribution < 1.29 is 9.53 Å². The summed E-state index contributed by atoms with van der Waals surface area (Å²) in [7, 11) is 0. The van der Waals surface area contributed by atoms with Crippen molar-refractivity contribution in [2.24, 2.45) is 5.73 Å². The monoisotopic (exact) mass is 243 g/mol. The van der Waals surface area contributed by atoms with Crippen LogP contribution in [0.1, 0.15) is 26.2 Å². The van der Waals surface area contributed by atoms with Crippen LogP contribution in [-0.2, 0) is 9.53 Å². The lowest BCUT2D eigenvalue weighted by molar-refractivity contribution is -0.122.